The molecule has 1 aromatic rings. The van der Waals surface area contributed by atoms with Gasteiger partial charge in [0.1, 0.15) is 0 Å². The average molecular weight is 322 g/mol. The van der Waals surface area contributed by atoms with E-state index >= 15 is 0 Å². The number of nitrogens with zero attached hydrogens (tertiary/aromatic N) is 1. The van der Waals surface area contributed by atoms with Gasteiger partial charge in [0.2, 0.25) is 5.91 Å². The fourth-order valence-electron chi connectivity index (χ4n) is 2.35. The van der Waals surface area contributed by atoms with Crippen molar-refractivity contribution in [2.75, 3.05) is 39.2 Å². The molecule has 5 heteroatoms. The lowest BCUT2D eigenvalue weighted by atomic mass is 10.2. The van der Waals surface area contributed by atoms with Crippen molar-refractivity contribution >= 4 is 11.6 Å². The third-order valence-corrected chi connectivity index (χ3v) is 3.69. The van der Waals surface area contributed by atoms with Crippen LogP contribution < -0.4 is 14.8 Å². The second-order valence-corrected chi connectivity index (χ2v) is 5.60. The number of benzene rings is 1. The Balaban J connectivity index is 2.62. The van der Waals surface area contributed by atoms with E-state index in [1.54, 1.807) is 26.4 Å². The van der Waals surface area contributed by atoms with Gasteiger partial charge in [-0.3, -0.25) is 9.69 Å². The quantitative estimate of drug-likeness (QED) is 0.677. The van der Waals surface area contributed by atoms with Gasteiger partial charge in [-0.2, -0.15) is 0 Å². The van der Waals surface area contributed by atoms with Gasteiger partial charge in [0.15, 0.2) is 11.5 Å². The molecule has 0 saturated carbocycles. The summed E-state index contributed by atoms with van der Waals surface area (Å²) in [6, 6.07) is 5.39. The molecule has 0 spiro atoms. The van der Waals surface area contributed by atoms with Crippen LogP contribution in [0.3, 0.4) is 0 Å². The van der Waals surface area contributed by atoms with E-state index in [4.69, 9.17) is 9.47 Å². The number of anilines is 1. The number of methoxy groups -OCH3 is 2. The predicted octanol–water partition coefficient (Wildman–Crippen LogP) is 3.54. The molecule has 0 atom stereocenters. The number of amides is 1. The molecule has 5 nitrogen and oxygen atoms in total. The van der Waals surface area contributed by atoms with Gasteiger partial charge in [-0.15, -0.1) is 0 Å². The van der Waals surface area contributed by atoms with Crippen LogP contribution in [0, 0.1) is 0 Å². The molecule has 1 amide bonds. The average Bonchev–Trinajstić information content (AvgIpc) is 2.57. The van der Waals surface area contributed by atoms with Gasteiger partial charge in [0.25, 0.3) is 0 Å². The summed E-state index contributed by atoms with van der Waals surface area (Å²) in [5.74, 6) is 1.27. The molecular weight excluding hydrogens is 292 g/mol. The predicted molar refractivity (Wildman–Crippen MR) is 94.4 cm³/mol. The summed E-state index contributed by atoms with van der Waals surface area (Å²) in [5, 5.41) is 2.94. The monoisotopic (exact) mass is 322 g/mol. The van der Waals surface area contributed by atoms with Gasteiger partial charge in [0, 0.05) is 11.8 Å². The van der Waals surface area contributed by atoms with E-state index < -0.39 is 0 Å². The van der Waals surface area contributed by atoms with Gasteiger partial charge >= 0.3 is 0 Å². The lowest BCUT2D eigenvalue weighted by Crippen LogP contribution is -2.34. The van der Waals surface area contributed by atoms with Crippen LogP contribution in [-0.4, -0.2) is 44.7 Å². The van der Waals surface area contributed by atoms with Gasteiger partial charge in [-0.1, -0.05) is 26.7 Å². The van der Waals surface area contributed by atoms with Crippen LogP contribution in [0.4, 0.5) is 5.69 Å². The summed E-state index contributed by atoms with van der Waals surface area (Å²) in [4.78, 5) is 14.5. The summed E-state index contributed by atoms with van der Waals surface area (Å²) in [7, 11) is 3.18. The third-order valence-electron chi connectivity index (χ3n) is 3.69. The van der Waals surface area contributed by atoms with E-state index in [-0.39, 0.29) is 5.91 Å². The molecule has 1 rings (SSSR count). The second kappa shape index (κ2) is 10.9. The molecule has 130 valence electrons. The molecule has 0 unspecified atom stereocenters. The van der Waals surface area contributed by atoms with Crippen LogP contribution in [-0.2, 0) is 4.79 Å². The standard InChI is InChI=1S/C18H30N2O3/c1-5-7-11-20(12-8-6-2)14-18(21)19-15-9-10-16(22-3)17(13-15)23-4/h9-10,13H,5-8,11-12,14H2,1-4H3,(H,19,21). The van der Waals surface area contributed by atoms with Crippen molar-refractivity contribution in [3.63, 3.8) is 0 Å². The molecule has 0 aromatic heterocycles. The van der Waals surface area contributed by atoms with E-state index in [2.05, 4.69) is 24.1 Å². The van der Waals surface area contributed by atoms with Crippen molar-refractivity contribution in [1.29, 1.82) is 0 Å². The molecule has 0 aliphatic heterocycles. The molecular formula is C18H30N2O3. The van der Waals surface area contributed by atoms with Crippen LogP contribution in [0.1, 0.15) is 39.5 Å². The molecule has 0 heterocycles. The van der Waals surface area contributed by atoms with Crippen LogP contribution in [0.15, 0.2) is 18.2 Å². The molecule has 0 saturated heterocycles. The number of unbranched alkanes of at least 4 members (excludes halogenated alkanes) is 2. The number of carbonyl (C=O) groups excluding carboxylic acids is 1. The van der Waals surface area contributed by atoms with E-state index in [0.717, 1.165) is 44.5 Å². The Morgan fingerprint density at radius 3 is 2.17 bits per heavy atom. The van der Waals surface area contributed by atoms with Crippen LogP contribution in [0.25, 0.3) is 0 Å². The summed E-state index contributed by atoms with van der Waals surface area (Å²) in [5.41, 5.74) is 0.721. The molecule has 0 bridgehead atoms. The second-order valence-electron chi connectivity index (χ2n) is 5.60. The highest BCUT2D eigenvalue weighted by Crippen LogP contribution is 2.29. The van der Waals surface area contributed by atoms with Crippen molar-refractivity contribution < 1.29 is 14.3 Å². The SMILES string of the molecule is CCCCN(CCCC)CC(=O)Nc1ccc(OC)c(OC)c1. The first-order valence-electron chi connectivity index (χ1n) is 8.38. The Bertz CT molecular complexity index is 469. The van der Waals surface area contributed by atoms with Crippen molar-refractivity contribution in [2.24, 2.45) is 0 Å². The van der Waals surface area contributed by atoms with Gasteiger partial charge in [-0.25, -0.2) is 0 Å². The summed E-state index contributed by atoms with van der Waals surface area (Å²) in [6.45, 7) is 6.70. The number of hydrogen-bond donors (Lipinski definition) is 1. The third kappa shape index (κ3) is 6.91. The van der Waals surface area contributed by atoms with E-state index in [0.29, 0.717) is 18.0 Å². The minimum Gasteiger partial charge on any atom is -0.493 e. The van der Waals surface area contributed by atoms with Crippen molar-refractivity contribution in [3.8, 4) is 11.5 Å². The molecule has 1 N–H and O–H groups in total. The number of nitrogens with one attached hydrogen (secondary N) is 1. The highest BCUT2D eigenvalue weighted by molar-refractivity contribution is 5.92. The number of rotatable bonds is 11. The van der Waals surface area contributed by atoms with Gasteiger partial charge in [-0.05, 0) is 38.1 Å². The maximum Gasteiger partial charge on any atom is 0.238 e. The topological polar surface area (TPSA) is 50.8 Å². The molecule has 0 aliphatic carbocycles. The fraction of sp³-hybridized carbons (Fsp3) is 0.611. The first-order valence-corrected chi connectivity index (χ1v) is 8.38. The highest BCUT2D eigenvalue weighted by atomic mass is 16.5. The molecule has 0 fully saturated rings. The zero-order valence-electron chi connectivity index (χ0n) is 14.9. The van der Waals surface area contributed by atoms with Crippen LogP contribution in [0.2, 0.25) is 0 Å². The zero-order valence-corrected chi connectivity index (χ0v) is 14.9. The van der Waals surface area contributed by atoms with E-state index in [9.17, 15) is 4.79 Å². The zero-order chi connectivity index (χ0) is 17.1. The fourth-order valence-corrected chi connectivity index (χ4v) is 2.35. The summed E-state index contributed by atoms with van der Waals surface area (Å²) in [6.07, 6.45) is 4.51. The molecule has 23 heavy (non-hydrogen) atoms. The smallest absolute Gasteiger partial charge is 0.238 e. The summed E-state index contributed by atoms with van der Waals surface area (Å²) >= 11 is 0. The molecule has 1 aromatic carbocycles. The first-order chi connectivity index (χ1) is 11.1. The Kier molecular flexibility index (Phi) is 9.14. The minimum atomic E-state index is 0.00410. The maximum absolute atomic E-state index is 12.3. The number of hydrogen-bond acceptors (Lipinski definition) is 4. The molecule has 0 radical (unpaired) electrons. The van der Waals surface area contributed by atoms with E-state index in [1.807, 2.05) is 6.07 Å². The maximum atomic E-state index is 12.3. The Hall–Kier alpha value is -1.75. The summed E-state index contributed by atoms with van der Waals surface area (Å²) < 4.78 is 10.5. The minimum absolute atomic E-state index is 0.00410. The van der Waals surface area contributed by atoms with Gasteiger partial charge in [0.05, 0.1) is 20.8 Å². The van der Waals surface area contributed by atoms with Crippen molar-refractivity contribution in [3.05, 3.63) is 18.2 Å². The number of carbonyl (C=O) groups is 1. The van der Waals surface area contributed by atoms with Crippen LogP contribution >= 0.6 is 0 Å². The van der Waals surface area contributed by atoms with Gasteiger partial charge < -0.3 is 14.8 Å². The Labute approximate surface area is 140 Å². The van der Waals surface area contributed by atoms with E-state index in [1.165, 1.54) is 0 Å². The van der Waals surface area contributed by atoms with Crippen LogP contribution in [0.5, 0.6) is 11.5 Å². The Morgan fingerprint density at radius 1 is 1.04 bits per heavy atom. The highest BCUT2D eigenvalue weighted by Gasteiger charge is 2.11. The normalized spacial score (nSPS) is 10.7. The lowest BCUT2D eigenvalue weighted by Gasteiger charge is -2.21. The molecule has 0 aliphatic rings. The van der Waals surface area contributed by atoms with Crippen molar-refractivity contribution in [1.82, 2.24) is 4.90 Å². The largest absolute Gasteiger partial charge is 0.493 e. The number of ether oxygens (including phenoxy) is 2. The first kappa shape index (κ1) is 19.3. The van der Waals surface area contributed by atoms with Crippen molar-refractivity contribution in [2.45, 2.75) is 39.5 Å². The Morgan fingerprint density at radius 2 is 1.65 bits per heavy atom. The lowest BCUT2D eigenvalue weighted by molar-refractivity contribution is -0.117.